The lowest BCUT2D eigenvalue weighted by molar-refractivity contribution is 0.0768. The second-order valence-electron chi connectivity index (χ2n) is 3.37. The molecule has 1 atom stereocenters. The van der Waals surface area contributed by atoms with Crippen LogP contribution in [0, 0.1) is 11.6 Å². The molecule has 1 aliphatic rings. The molecule has 5 heteroatoms. The molecule has 1 saturated heterocycles. The van der Waals surface area contributed by atoms with Gasteiger partial charge < -0.3 is 10.1 Å². The summed E-state index contributed by atoms with van der Waals surface area (Å²) >= 11 is 5.83. The molecule has 2 nitrogen and oxygen atoms in total. The minimum absolute atomic E-state index is 0.165. The maximum atomic E-state index is 13.0. The molecule has 1 unspecified atom stereocenters. The van der Waals surface area contributed by atoms with Crippen molar-refractivity contribution < 1.29 is 13.5 Å². The van der Waals surface area contributed by atoms with E-state index in [1.807, 2.05) is 0 Å². The third kappa shape index (κ3) is 2.27. The molecule has 1 N–H and O–H groups in total. The highest BCUT2D eigenvalue weighted by atomic mass is 35.5. The summed E-state index contributed by atoms with van der Waals surface area (Å²) in [5.41, 5.74) is 0.537. The zero-order valence-corrected chi connectivity index (χ0v) is 8.65. The van der Waals surface area contributed by atoms with Gasteiger partial charge in [0.1, 0.15) is 0 Å². The molecule has 1 aromatic carbocycles. The van der Waals surface area contributed by atoms with Crippen LogP contribution in [0.4, 0.5) is 8.78 Å². The van der Waals surface area contributed by atoms with Gasteiger partial charge in [0.2, 0.25) is 0 Å². The molecule has 1 heterocycles. The molecule has 0 bridgehead atoms. The minimum atomic E-state index is -0.930. The van der Waals surface area contributed by atoms with Gasteiger partial charge >= 0.3 is 0 Å². The maximum absolute atomic E-state index is 13.0. The van der Waals surface area contributed by atoms with Crippen LogP contribution in [0.3, 0.4) is 0 Å². The fourth-order valence-corrected chi connectivity index (χ4v) is 1.85. The zero-order chi connectivity index (χ0) is 10.8. The van der Waals surface area contributed by atoms with Gasteiger partial charge in [-0.25, -0.2) is 8.78 Å². The van der Waals surface area contributed by atoms with E-state index < -0.39 is 11.6 Å². The molecule has 0 radical (unpaired) electrons. The molecule has 1 fully saturated rings. The molecule has 82 valence electrons. The predicted molar refractivity (Wildman–Crippen MR) is 52.9 cm³/mol. The van der Waals surface area contributed by atoms with Gasteiger partial charge in [0.15, 0.2) is 11.6 Å². The highest BCUT2D eigenvalue weighted by Crippen LogP contribution is 2.26. The van der Waals surface area contributed by atoms with E-state index in [9.17, 15) is 8.78 Å². The summed E-state index contributed by atoms with van der Waals surface area (Å²) in [5, 5.41) is 3.34. The molecular formula is C10H10ClF2NO. The molecule has 1 aliphatic heterocycles. The highest BCUT2D eigenvalue weighted by Gasteiger charge is 2.19. The molecule has 0 aromatic heterocycles. The largest absolute Gasteiger partial charge is 0.378 e. The normalized spacial score (nSPS) is 21.7. The van der Waals surface area contributed by atoms with Crippen molar-refractivity contribution in [2.45, 2.75) is 6.04 Å². The SMILES string of the molecule is Fc1cc(Cl)c(C2COCCN2)cc1F. The van der Waals surface area contributed by atoms with Crippen LogP contribution in [0.5, 0.6) is 0 Å². The van der Waals surface area contributed by atoms with Crippen LogP contribution in [0.1, 0.15) is 11.6 Å². The second kappa shape index (κ2) is 4.43. The number of rotatable bonds is 1. The Labute approximate surface area is 91.2 Å². The van der Waals surface area contributed by atoms with Gasteiger partial charge in [-0.15, -0.1) is 0 Å². The van der Waals surface area contributed by atoms with Crippen molar-refractivity contribution in [1.29, 1.82) is 0 Å². The van der Waals surface area contributed by atoms with Gasteiger partial charge in [-0.05, 0) is 17.7 Å². The monoisotopic (exact) mass is 233 g/mol. The Bertz CT molecular complexity index is 367. The predicted octanol–water partition coefficient (Wildman–Crippen LogP) is 2.28. The Morgan fingerprint density at radius 1 is 1.33 bits per heavy atom. The van der Waals surface area contributed by atoms with Gasteiger partial charge in [-0.3, -0.25) is 0 Å². The summed E-state index contributed by atoms with van der Waals surface area (Å²) in [7, 11) is 0. The van der Waals surface area contributed by atoms with Crippen LogP contribution < -0.4 is 5.32 Å². The molecule has 0 saturated carbocycles. The third-order valence-electron chi connectivity index (χ3n) is 2.34. The zero-order valence-electron chi connectivity index (χ0n) is 7.90. The number of benzene rings is 1. The lowest BCUT2D eigenvalue weighted by atomic mass is 10.1. The first-order valence-corrected chi connectivity index (χ1v) is 5.02. The molecule has 15 heavy (non-hydrogen) atoms. The maximum Gasteiger partial charge on any atom is 0.160 e. The Balaban J connectivity index is 2.30. The van der Waals surface area contributed by atoms with Crippen LogP contribution in [0.15, 0.2) is 12.1 Å². The Kier molecular flexibility index (Phi) is 3.19. The summed E-state index contributed by atoms with van der Waals surface area (Å²) < 4.78 is 31.1. The average Bonchev–Trinajstić information content (AvgIpc) is 2.25. The van der Waals surface area contributed by atoms with Crippen molar-refractivity contribution in [2.24, 2.45) is 0 Å². The van der Waals surface area contributed by atoms with Crippen LogP contribution in [0.2, 0.25) is 5.02 Å². The first kappa shape index (κ1) is 10.8. The smallest absolute Gasteiger partial charge is 0.160 e. The molecule has 0 aliphatic carbocycles. The lowest BCUT2D eigenvalue weighted by Crippen LogP contribution is -2.34. The van der Waals surface area contributed by atoms with Crippen LogP contribution in [0.25, 0.3) is 0 Å². The quantitative estimate of drug-likeness (QED) is 0.752. The van der Waals surface area contributed by atoms with Gasteiger partial charge in [0.05, 0.1) is 19.3 Å². The fraction of sp³-hybridized carbons (Fsp3) is 0.400. The topological polar surface area (TPSA) is 21.3 Å². The number of hydrogen-bond acceptors (Lipinski definition) is 2. The molecular weight excluding hydrogens is 224 g/mol. The summed E-state index contributed by atoms with van der Waals surface area (Å²) in [5.74, 6) is -1.82. The van der Waals surface area contributed by atoms with E-state index in [-0.39, 0.29) is 11.1 Å². The number of morpholine rings is 1. The van der Waals surface area contributed by atoms with E-state index in [4.69, 9.17) is 16.3 Å². The second-order valence-corrected chi connectivity index (χ2v) is 3.78. The van der Waals surface area contributed by atoms with Crippen LogP contribution >= 0.6 is 11.6 Å². The molecule has 1 aromatic rings. The van der Waals surface area contributed by atoms with Crippen molar-refractivity contribution in [2.75, 3.05) is 19.8 Å². The fourth-order valence-electron chi connectivity index (χ4n) is 1.57. The van der Waals surface area contributed by atoms with Crippen molar-refractivity contribution in [3.05, 3.63) is 34.4 Å². The molecule has 0 spiro atoms. The van der Waals surface area contributed by atoms with Gasteiger partial charge in [0, 0.05) is 11.6 Å². The number of ether oxygens (including phenoxy) is 1. The summed E-state index contributed by atoms with van der Waals surface area (Å²) in [6.07, 6.45) is 0. The Hall–Kier alpha value is -0.710. The molecule has 0 amide bonds. The van der Waals surface area contributed by atoms with Crippen molar-refractivity contribution in [3.63, 3.8) is 0 Å². The van der Waals surface area contributed by atoms with E-state index in [0.29, 0.717) is 25.3 Å². The average molecular weight is 234 g/mol. The van der Waals surface area contributed by atoms with Gasteiger partial charge in [-0.1, -0.05) is 11.6 Å². The van der Waals surface area contributed by atoms with Crippen molar-refractivity contribution in [1.82, 2.24) is 5.32 Å². The summed E-state index contributed by atoms with van der Waals surface area (Å²) in [6, 6.07) is 1.94. The lowest BCUT2D eigenvalue weighted by Gasteiger charge is -2.24. The first-order chi connectivity index (χ1) is 7.18. The minimum Gasteiger partial charge on any atom is -0.378 e. The number of hydrogen-bond donors (Lipinski definition) is 1. The van der Waals surface area contributed by atoms with Crippen molar-refractivity contribution in [3.8, 4) is 0 Å². The summed E-state index contributed by atoms with van der Waals surface area (Å²) in [6.45, 7) is 1.72. The standard InChI is InChI=1S/C10H10ClF2NO/c11-7-4-9(13)8(12)3-6(7)10-5-15-2-1-14-10/h3-4,10,14H,1-2,5H2. The van der Waals surface area contributed by atoms with E-state index in [0.717, 1.165) is 12.1 Å². The van der Waals surface area contributed by atoms with E-state index in [2.05, 4.69) is 5.32 Å². The van der Waals surface area contributed by atoms with E-state index >= 15 is 0 Å². The summed E-state index contributed by atoms with van der Waals surface area (Å²) in [4.78, 5) is 0. The Morgan fingerprint density at radius 2 is 2.07 bits per heavy atom. The third-order valence-corrected chi connectivity index (χ3v) is 2.66. The Morgan fingerprint density at radius 3 is 2.73 bits per heavy atom. The highest BCUT2D eigenvalue weighted by molar-refractivity contribution is 6.31. The van der Waals surface area contributed by atoms with E-state index in [1.54, 1.807) is 0 Å². The van der Waals surface area contributed by atoms with Crippen LogP contribution in [-0.4, -0.2) is 19.8 Å². The van der Waals surface area contributed by atoms with Crippen LogP contribution in [-0.2, 0) is 4.74 Å². The number of nitrogens with one attached hydrogen (secondary N) is 1. The number of halogens is 3. The van der Waals surface area contributed by atoms with Gasteiger partial charge in [0.25, 0.3) is 0 Å². The molecule has 2 rings (SSSR count). The van der Waals surface area contributed by atoms with Crippen molar-refractivity contribution >= 4 is 11.6 Å². The first-order valence-electron chi connectivity index (χ1n) is 4.64. The van der Waals surface area contributed by atoms with Gasteiger partial charge in [-0.2, -0.15) is 0 Å². The van der Waals surface area contributed by atoms with E-state index in [1.165, 1.54) is 0 Å².